The lowest BCUT2D eigenvalue weighted by atomic mass is 10.2. The molecule has 0 radical (unpaired) electrons. The van der Waals surface area contributed by atoms with Crippen LogP contribution in [-0.2, 0) is 6.61 Å². The lowest BCUT2D eigenvalue weighted by Crippen LogP contribution is -1.98. The average molecular weight is 323 g/mol. The maximum Gasteiger partial charge on any atom is 0.229 e. The summed E-state index contributed by atoms with van der Waals surface area (Å²) in [4.78, 5) is 15.1. The Morgan fingerprint density at radius 3 is 3.05 bits per heavy atom. The molecule has 98 valence electrons. The zero-order valence-electron chi connectivity index (χ0n) is 10.0. The predicted molar refractivity (Wildman–Crippen MR) is 70.1 cm³/mol. The van der Waals surface area contributed by atoms with Crippen LogP contribution in [0.5, 0.6) is 5.75 Å². The zero-order valence-corrected chi connectivity index (χ0v) is 11.6. The van der Waals surface area contributed by atoms with Crippen LogP contribution < -0.4 is 4.74 Å². The van der Waals surface area contributed by atoms with Crippen LogP contribution in [0.1, 0.15) is 40.8 Å². The van der Waals surface area contributed by atoms with E-state index in [1.54, 1.807) is 18.2 Å². The van der Waals surface area contributed by atoms with Crippen molar-refractivity contribution in [3.05, 3.63) is 40.0 Å². The van der Waals surface area contributed by atoms with Crippen LogP contribution in [0.25, 0.3) is 0 Å². The number of carbonyl (C=O) groups excluding carboxylic acids is 1. The van der Waals surface area contributed by atoms with E-state index in [1.807, 2.05) is 0 Å². The molecule has 1 saturated carbocycles. The maximum atomic E-state index is 10.8. The predicted octanol–water partition coefficient (Wildman–Crippen LogP) is 3.10. The molecule has 1 aliphatic rings. The zero-order chi connectivity index (χ0) is 13.2. The molecule has 1 aliphatic carbocycles. The number of aldehydes is 1. The molecule has 2 aromatic rings. The minimum Gasteiger partial charge on any atom is -0.485 e. The summed E-state index contributed by atoms with van der Waals surface area (Å²) >= 11 is 3.29. The number of hydrogen-bond donors (Lipinski definition) is 0. The van der Waals surface area contributed by atoms with Crippen molar-refractivity contribution in [2.45, 2.75) is 25.4 Å². The average Bonchev–Trinajstić information content (AvgIpc) is 3.17. The molecule has 0 atom stereocenters. The first-order valence-corrected chi connectivity index (χ1v) is 6.75. The van der Waals surface area contributed by atoms with Gasteiger partial charge in [0.2, 0.25) is 11.7 Å². The van der Waals surface area contributed by atoms with E-state index in [0.717, 1.165) is 23.6 Å². The van der Waals surface area contributed by atoms with Gasteiger partial charge in [0.15, 0.2) is 12.9 Å². The minimum absolute atomic E-state index is 0.232. The van der Waals surface area contributed by atoms with Gasteiger partial charge in [-0.1, -0.05) is 21.1 Å². The van der Waals surface area contributed by atoms with E-state index in [0.29, 0.717) is 28.9 Å². The fraction of sp³-hybridized carbons (Fsp3) is 0.308. The molecule has 0 spiro atoms. The van der Waals surface area contributed by atoms with Crippen molar-refractivity contribution in [3.63, 3.8) is 0 Å². The summed E-state index contributed by atoms with van der Waals surface area (Å²) < 4.78 is 11.4. The molecule has 0 aliphatic heterocycles. The third-order valence-electron chi connectivity index (χ3n) is 2.87. The molecule has 0 unspecified atom stereocenters. The molecule has 0 amide bonds. The second kappa shape index (κ2) is 5.13. The lowest BCUT2D eigenvalue weighted by molar-refractivity contribution is 0.112. The normalized spacial score (nSPS) is 14.4. The number of ether oxygens (including phenoxy) is 1. The number of aromatic nitrogens is 2. The Bertz CT molecular complexity index is 608. The van der Waals surface area contributed by atoms with Crippen LogP contribution in [0.3, 0.4) is 0 Å². The molecule has 1 heterocycles. The van der Waals surface area contributed by atoms with E-state index in [1.165, 1.54) is 0 Å². The molecule has 6 heteroatoms. The van der Waals surface area contributed by atoms with Gasteiger partial charge in [-0.3, -0.25) is 4.79 Å². The number of benzene rings is 1. The first kappa shape index (κ1) is 12.3. The molecule has 1 aromatic carbocycles. The summed E-state index contributed by atoms with van der Waals surface area (Å²) in [7, 11) is 0. The number of nitrogens with zero attached hydrogens (tertiary/aromatic N) is 2. The van der Waals surface area contributed by atoms with Crippen molar-refractivity contribution in [3.8, 4) is 5.75 Å². The molecule has 1 aromatic heterocycles. The summed E-state index contributed by atoms with van der Waals surface area (Å²) in [6, 6.07) is 5.21. The van der Waals surface area contributed by atoms with Gasteiger partial charge in [0, 0.05) is 16.0 Å². The van der Waals surface area contributed by atoms with Gasteiger partial charge < -0.3 is 9.26 Å². The molecule has 0 bridgehead atoms. The third kappa shape index (κ3) is 2.84. The third-order valence-corrected chi connectivity index (χ3v) is 3.59. The van der Waals surface area contributed by atoms with Gasteiger partial charge >= 0.3 is 0 Å². The van der Waals surface area contributed by atoms with Gasteiger partial charge in [0.25, 0.3) is 0 Å². The molecule has 19 heavy (non-hydrogen) atoms. The minimum atomic E-state index is 0.232. The van der Waals surface area contributed by atoms with E-state index >= 15 is 0 Å². The molecule has 5 nitrogen and oxygen atoms in total. The quantitative estimate of drug-likeness (QED) is 0.791. The van der Waals surface area contributed by atoms with Gasteiger partial charge in [-0.25, -0.2) is 0 Å². The van der Waals surface area contributed by atoms with Crippen LogP contribution in [0.15, 0.2) is 27.2 Å². The topological polar surface area (TPSA) is 65.2 Å². The molecular weight excluding hydrogens is 312 g/mol. The summed E-state index contributed by atoms with van der Waals surface area (Å²) in [6.45, 7) is 0.232. The molecule has 0 saturated heterocycles. The maximum absolute atomic E-state index is 10.8. The number of halogens is 1. The monoisotopic (exact) mass is 322 g/mol. The van der Waals surface area contributed by atoms with E-state index in [-0.39, 0.29) is 6.61 Å². The molecule has 0 N–H and O–H groups in total. The summed E-state index contributed by atoms with van der Waals surface area (Å²) in [5, 5.41) is 3.86. The van der Waals surface area contributed by atoms with Gasteiger partial charge in [0.1, 0.15) is 5.75 Å². The van der Waals surface area contributed by atoms with Crippen molar-refractivity contribution in [2.24, 2.45) is 0 Å². The summed E-state index contributed by atoms with van der Waals surface area (Å²) in [6.07, 6.45) is 3.02. The number of carbonyl (C=O) groups is 1. The Balaban J connectivity index is 1.65. The van der Waals surface area contributed by atoms with Crippen LogP contribution in [-0.4, -0.2) is 16.4 Å². The second-order valence-electron chi connectivity index (χ2n) is 4.41. The van der Waals surface area contributed by atoms with Crippen LogP contribution >= 0.6 is 15.9 Å². The number of rotatable bonds is 5. The smallest absolute Gasteiger partial charge is 0.229 e. The van der Waals surface area contributed by atoms with E-state index in [9.17, 15) is 4.79 Å². The van der Waals surface area contributed by atoms with Gasteiger partial charge in [-0.2, -0.15) is 4.98 Å². The Morgan fingerprint density at radius 1 is 1.47 bits per heavy atom. The highest BCUT2D eigenvalue weighted by atomic mass is 79.9. The van der Waals surface area contributed by atoms with Gasteiger partial charge in [0.05, 0.1) is 0 Å². The Labute approximate surface area is 118 Å². The van der Waals surface area contributed by atoms with Crippen molar-refractivity contribution in [2.75, 3.05) is 0 Å². The van der Waals surface area contributed by atoms with Crippen molar-refractivity contribution >= 4 is 22.2 Å². The second-order valence-corrected chi connectivity index (χ2v) is 5.27. The fourth-order valence-corrected chi connectivity index (χ4v) is 2.01. The molecule has 1 fully saturated rings. The molecule has 3 rings (SSSR count). The van der Waals surface area contributed by atoms with Crippen molar-refractivity contribution in [1.29, 1.82) is 0 Å². The van der Waals surface area contributed by atoms with Crippen molar-refractivity contribution in [1.82, 2.24) is 10.1 Å². The first-order valence-electron chi connectivity index (χ1n) is 5.96. The van der Waals surface area contributed by atoms with Gasteiger partial charge in [-0.05, 0) is 31.0 Å². The highest BCUT2D eigenvalue weighted by Crippen LogP contribution is 2.38. The fourth-order valence-electron chi connectivity index (χ4n) is 1.67. The molecular formula is C13H11BrN2O3. The Hall–Kier alpha value is -1.69. The SMILES string of the molecule is O=Cc1cc(OCc2noc(C3CC3)n2)ccc1Br. The Morgan fingerprint density at radius 2 is 2.32 bits per heavy atom. The van der Waals surface area contributed by atoms with E-state index < -0.39 is 0 Å². The highest BCUT2D eigenvalue weighted by molar-refractivity contribution is 9.10. The number of hydrogen-bond acceptors (Lipinski definition) is 5. The first-order chi connectivity index (χ1) is 9.26. The van der Waals surface area contributed by atoms with Crippen LogP contribution in [0.4, 0.5) is 0 Å². The van der Waals surface area contributed by atoms with Crippen molar-refractivity contribution < 1.29 is 14.1 Å². The van der Waals surface area contributed by atoms with E-state index in [4.69, 9.17) is 9.26 Å². The summed E-state index contributed by atoms with van der Waals surface area (Å²) in [5.74, 6) is 2.26. The lowest BCUT2D eigenvalue weighted by Gasteiger charge is -2.04. The van der Waals surface area contributed by atoms with Crippen LogP contribution in [0.2, 0.25) is 0 Å². The standard InChI is InChI=1S/C13H11BrN2O3/c14-11-4-3-10(5-9(11)6-17)18-7-12-15-13(19-16-12)8-1-2-8/h3-6,8H,1-2,7H2. The highest BCUT2D eigenvalue weighted by Gasteiger charge is 2.29. The van der Waals surface area contributed by atoms with Crippen LogP contribution in [0, 0.1) is 0 Å². The summed E-state index contributed by atoms with van der Waals surface area (Å²) in [5.41, 5.74) is 0.546. The van der Waals surface area contributed by atoms with E-state index in [2.05, 4.69) is 26.1 Å². The Kier molecular flexibility index (Phi) is 3.33. The van der Waals surface area contributed by atoms with Gasteiger partial charge in [-0.15, -0.1) is 0 Å². The largest absolute Gasteiger partial charge is 0.485 e.